The number of fused-ring (bicyclic) bond motifs is 1. The number of hydrogen-bond donors (Lipinski definition) is 0. The van der Waals surface area contributed by atoms with Crippen LogP contribution in [0.4, 0.5) is 0 Å². The van der Waals surface area contributed by atoms with E-state index in [9.17, 15) is 4.79 Å². The Hall–Kier alpha value is -2.98. The summed E-state index contributed by atoms with van der Waals surface area (Å²) in [6.07, 6.45) is 0. The van der Waals surface area contributed by atoms with Gasteiger partial charge in [-0.25, -0.2) is 0 Å². The first-order chi connectivity index (χ1) is 13.7. The molecular weight excluding hydrogens is 374 g/mol. The van der Waals surface area contributed by atoms with Gasteiger partial charge in [0, 0.05) is 13.1 Å². The molecule has 0 bridgehead atoms. The number of amides is 1. The monoisotopic (exact) mass is 393 g/mol. The molecule has 3 aromatic carbocycles. The fourth-order valence-corrected chi connectivity index (χ4v) is 3.48. The molecule has 1 aliphatic rings. The van der Waals surface area contributed by atoms with Gasteiger partial charge in [-0.15, -0.1) is 11.6 Å². The van der Waals surface area contributed by atoms with Crippen LogP contribution in [0.25, 0.3) is 0 Å². The molecule has 4 nitrogen and oxygen atoms in total. The number of carbonyl (C=O) groups is 1. The van der Waals surface area contributed by atoms with E-state index in [4.69, 9.17) is 21.1 Å². The summed E-state index contributed by atoms with van der Waals surface area (Å²) >= 11 is 6.54. The molecular formula is C23H20ClNO3. The highest BCUT2D eigenvalue weighted by Gasteiger charge is 2.25. The molecule has 0 fully saturated rings. The van der Waals surface area contributed by atoms with Crippen LogP contribution in [0.2, 0.25) is 0 Å². The summed E-state index contributed by atoms with van der Waals surface area (Å²) in [4.78, 5) is 15.0. The first-order valence-electron chi connectivity index (χ1n) is 9.11. The lowest BCUT2D eigenvalue weighted by atomic mass is 10.1. The number of alkyl halides is 1. The van der Waals surface area contributed by atoms with Gasteiger partial charge in [0.15, 0.2) is 11.5 Å². The smallest absolute Gasteiger partial charge is 0.245 e. The molecule has 3 aromatic rings. The van der Waals surface area contributed by atoms with Gasteiger partial charge in [-0.3, -0.25) is 4.79 Å². The average Bonchev–Trinajstić information content (AvgIpc) is 3.21. The SMILES string of the molecule is O=C(C(Cl)c1ccccc1)N(Cc1ccccc1)Cc1ccc2c(c1)OCO2. The second kappa shape index (κ2) is 8.36. The van der Waals surface area contributed by atoms with Crippen LogP contribution in [0.3, 0.4) is 0 Å². The Bertz CT molecular complexity index is 947. The number of ether oxygens (including phenoxy) is 2. The van der Waals surface area contributed by atoms with Crippen molar-refractivity contribution < 1.29 is 14.3 Å². The lowest BCUT2D eigenvalue weighted by Gasteiger charge is -2.25. The number of rotatable bonds is 6. The summed E-state index contributed by atoms with van der Waals surface area (Å²) < 4.78 is 10.8. The highest BCUT2D eigenvalue weighted by Crippen LogP contribution is 2.33. The Balaban J connectivity index is 1.59. The first-order valence-corrected chi connectivity index (χ1v) is 9.54. The zero-order valence-corrected chi connectivity index (χ0v) is 16.0. The predicted octanol–water partition coefficient (Wildman–Crippen LogP) is 4.92. The third-order valence-electron chi connectivity index (χ3n) is 4.65. The van der Waals surface area contributed by atoms with Crippen LogP contribution in [-0.4, -0.2) is 17.6 Å². The van der Waals surface area contributed by atoms with Crippen molar-refractivity contribution in [2.45, 2.75) is 18.5 Å². The molecule has 1 aliphatic heterocycles. The normalized spacial score (nSPS) is 13.2. The van der Waals surface area contributed by atoms with Gasteiger partial charge in [0.25, 0.3) is 0 Å². The van der Waals surface area contributed by atoms with Gasteiger partial charge in [-0.2, -0.15) is 0 Å². The zero-order chi connectivity index (χ0) is 19.3. The van der Waals surface area contributed by atoms with Crippen LogP contribution in [-0.2, 0) is 17.9 Å². The van der Waals surface area contributed by atoms with E-state index in [2.05, 4.69) is 0 Å². The van der Waals surface area contributed by atoms with Crippen molar-refractivity contribution in [2.75, 3.05) is 6.79 Å². The Kier molecular flexibility index (Phi) is 5.49. The predicted molar refractivity (Wildman–Crippen MR) is 108 cm³/mol. The fraction of sp³-hybridized carbons (Fsp3) is 0.174. The summed E-state index contributed by atoms with van der Waals surface area (Å²) in [5, 5.41) is -0.737. The summed E-state index contributed by atoms with van der Waals surface area (Å²) in [5.74, 6) is 1.30. The maximum atomic E-state index is 13.2. The van der Waals surface area contributed by atoms with Crippen LogP contribution in [0.15, 0.2) is 78.9 Å². The maximum absolute atomic E-state index is 13.2. The summed E-state index contributed by atoms with van der Waals surface area (Å²) in [5.41, 5.74) is 2.80. The average molecular weight is 394 g/mol. The van der Waals surface area contributed by atoms with Gasteiger partial charge in [0.1, 0.15) is 5.38 Å². The van der Waals surface area contributed by atoms with Gasteiger partial charge >= 0.3 is 0 Å². The standard InChI is InChI=1S/C23H20ClNO3/c24-22(19-9-5-2-6-10-19)23(26)25(14-17-7-3-1-4-8-17)15-18-11-12-20-21(13-18)28-16-27-20/h1-13,22H,14-16H2. The molecule has 1 heterocycles. The van der Waals surface area contributed by atoms with Crippen molar-refractivity contribution in [1.82, 2.24) is 4.90 Å². The molecule has 1 amide bonds. The van der Waals surface area contributed by atoms with E-state index < -0.39 is 5.38 Å². The number of halogens is 1. The summed E-state index contributed by atoms with van der Waals surface area (Å²) in [6, 6.07) is 25.1. The summed E-state index contributed by atoms with van der Waals surface area (Å²) in [7, 11) is 0. The third kappa shape index (κ3) is 4.12. The maximum Gasteiger partial charge on any atom is 0.245 e. The molecule has 28 heavy (non-hydrogen) atoms. The second-order valence-corrected chi connectivity index (χ2v) is 7.08. The zero-order valence-electron chi connectivity index (χ0n) is 15.3. The molecule has 4 rings (SSSR count). The highest BCUT2D eigenvalue weighted by molar-refractivity contribution is 6.30. The third-order valence-corrected chi connectivity index (χ3v) is 5.09. The van der Waals surface area contributed by atoms with E-state index in [0.717, 1.165) is 22.4 Å². The Morgan fingerprint density at radius 1 is 0.857 bits per heavy atom. The first kappa shape index (κ1) is 18.4. The molecule has 0 aliphatic carbocycles. The van der Waals surface area contributed by atoms with Crippen molar-refractivity contribution in [3.63, 3.8) is 0 Å². The number of benzene rings is 3. The van der Waals surface area contributed by atoms with E-state index in [1.54, 1.807) is 4.90 Å². The van der Waals surface area contributed by atoms with Crippen LogP contribution in [0, 0.1) is 0 Å². The molecule has 0 saturated carbocycles. The molecule has 5 heteroatoms. The molecule has 0 saturated heterocycles. The van der Waals surface area contributed by atoms with Crippen molar-refractivity contribution in [1.29, 1.82) is 0 Å². The summed E-state index contributed by atoms with van der Waals surface area (Å²) in [6.45, 7) is 1.13. The van der Waals surface area contributed by atoms with Crippen LogP contribution in [0.5, 0.6) is 11.5 Å². The van der Waals surface area contributed by atoms with Gasteiger partial charge in [-0.05, 0) is 28.8 Å². The van der Waals surface area contributed by atoms with Crippen molar-refractivity contribution in [3.05, 3.63) is 95.6 Å². The van der Waals surface area contributed by atoms with E-state index in [1.165, 1.54) is 0 Å². The largest absolute Gasteiger partial charge is 0.454 e. The lowest BCUT2D eigenvalue weighted by Crippen LogP contribution is -2.32. The molecule has 1 atom stereocenters. The van der Waals surface area contributed by atoms with Crippen molar-refractivity contribution in [2.24, 2.45) is 0 Å². The molecule has 142 valence electrons. The second-order valence-electron chi connectivity index (χ2n) is 6.64. The van der Waals surface area contributed by atoms with Crippen LogP contribution >= 0.6 is 11.6 Å². The quantitative estimate of drug-likeness (QED) is 0.558. The Labute approximate surface area is 169 Å². The van der Waals surface area contributed by atoms with Crippen LogP contribution < -0.4 is 9.47 Å². The van der Waals surface area contributed by atoms with E-state index in [1.807, 2.05) is 78.9 Å². The molecule has 0 radical (unpaired) electrons. The van der Waals surface area contributed by atoms with Crippen molar-refractivity contribution >= 4 is 17.5 Å². The number of hydrogen-bond acceptors (Lipinski definition) is 3. The molecule has 0 aromatic heterocycles. The van der Waals surface area contributed by atoms with Gasteiger partial charge in [0.2, 0.25) is 12.7 Å². The van der Waals surface area contributed by atoms with Gasteiger partial charge in [-0.1, -0.05) is 66.7 Å². The minimum atomic E-state index is -0.737. The molecule has 0 spiro atoms. The van der Waals surface area contributed by atoms with Crippen LogP contribution in [0.1, 0.15) is 22.1 Å². The lowest BCUT2D eigenvalue weighted by molar-refractivity contribution is -0.132. The number of carbonyl (C=O) groups excluding carboxylic acids is 1. The van der Waals surface area contributed by atoms with Crippen molar-refractivity contribution in [3.8, 4) is 11.5 Å². The van der Waals surface area contributed by atoms with Gasteiger partial charge in [0.05, 0.1) is 0 Å². The topological polar surface area (TPSA) is 38.8 Å². The van der Waals surface area contributed by atoms with E-state index in [0.29, 0.717) is 18.8 Å². The Morgan fingerprint density at radius 3 is 2.25 bits per heavy atom. The molecule has 1 unspecified atom stereocenters. The Morgan fingerprint density at radius 2 is 1.50 bits per heavy atom. The fourth-order valence-electron chi connectivity index (χ4n) is 3.20. The highest BCUT2D eigenvalue weighted by atomic mass is 35.5. The van der Waals surface area contributed by atoms with E-state index in [-0.39, 0.29) is 12.7 Å². The minimum Gasteiger partial charge on any atom is -0.454 e. The van der Waals surface area contributed by atoms with Gasteiger partial charge < -0.3 is 14.4 Å². The number of nitrogens with zero attached hydrogens (tertiary/aromatic N) is 1. The minimum absolute atomic E-state index is 0.130. The molecule has 0 N–H and O–H groups in total. The van der Waals surface area contributed by atoms with E-state index >= 15 is 0 Å².